The maximum Gasteiger partial charge on any atom is 0.304 e. The van der Waals surface area contributed by atoms with Crippen LogP contribution < -0.4 is 0 Å². The van der Waals surface area contributed by atoms with Crippen LogP contribution in [0.2, 0.25) is 10.3 Å². The van der Waals surface area contributed by atoms with Crippen molar-refractivity contribution in [3.63, 3.8) is 0 Å². The molecule has 0 amide bonds. The fourth-order valence-corrected chi connectivity index (χ4v) is 2.15. The fourth-order valence-electron chi connectivity index (χ4n) is 1.71. The maximum absolute atomic E-state index is 10.7. The van der Waals surface area contributed by atoms with E-state index >= 15 is 0 Å². The summed E-state index contributed by atoms with van der Waals surface area (Å²) in [6, 6.07) is 1.60. The van der Waals surface area contributed by atoms with Crippen LogP contribution in [0.1, 0.15) is 24.8 Å². The molecule has 1 aromatic heterocycles. The lowest BCUT2D eigenvalue weighted by Gasteiger charge is -2.13. The smallest absolute Gasteiger partial charge is 0.304 e. The van der Waals surface area contributed by atoms with Crippen LogP contribution in [0.3, 0.4) is 0 Å². The molecule has 0 atom stereocenters. The Labute approximate surface area is 96.2 Å². The number of aromatic nitrogens is 2. The zero-order chi connectivity index (χ0) is 11.1. The summed E-state index contributed by atoms with van der Waals surface area (Å²) in [5.74, 6) is -0.837. The molecule has 0 radical (unpaired) electrons. The summed E-state index contributed by atoms with van der Waals surface area (Å²) in [6.45, 7) is 0. The molecule has 1 fully saturated rings. The lowest BCUT2D eigenvalue weighted by atomic mass is 9.94. The predicted molar refractivity (Wildman–Crippen MR) is 55.2 cm³/mol. The number of rotatable bonds is 3. The molecule has 0 spiro atoms. The molecule has 0 bridgehead atoms. The van der Waals surface area contributed by atoms with Crippen molar-refractivity contribution in [1.82, 2.24) is 10.2 Å². The number of aliphatic carboxylic acids is 1. The van der Waals surface area contributed by atoms with E-state index in [2.05, 4.69) is 10.2 Å². The molecular formula is C9H8Cl2N2O2. The normalized spacial score (nSPS) is 17.5. The molecular weight excluding hydrogens is 239 g/mol. The van der Waals surface area contributed by atoms with Crippen molar-refractivity contribution in [3.05, 3.63) is 21.9 Å². The van der Waals surface area contributed by atoms with E-state index in [0.717, 1.165) is 12.8 Å². The summed E-state index contributed by atoms with van der Waals surface area (Å²) in [6.07, 6.45) is 1.68. The standard InChI is InChI=1S/C9H8Cl2N2O2/c10-6-3-5(8(11)13-12-6)9(1-2-9)4-7(14)15/h3H,1-2,4H2,(H,14,15). The van der Waals surface area contributed by atoms with E-state index in [1.165, 1.54) is 0 Å². The van der Waals surface area contributed by atoms with Gasteiger partial charge in [-0.2, -0.15) is 0 Å². The van der Waals surface area contributed by atoms with E-state index in [1.54, 1.807) is 6.07 Å². The van der Waals surface area contributed by atoms with Gasteiger partial charge >= 0.3 is 5.97 Å². The van der Waals surface area contributed by atoms with Crippen LogP contribution in [0.15, 0.2) is 6.07 Å². The van der Waals surface area contributed by atoms with Crippen molar-refractivity contribution in [1.29, 1.82) is 0 Å². The molecule has 0 unspecified atom stereocenters. The molecule has 1 saturated carbocycles. The van der Waals surface area contributed by atoms with Gasteiger partial charge in [-0.3, -0.25) is 4.79 Å². The van der Waals surface area contributed by atoms with Crippen molar-refractivity contribution in [2.45, 2.75) is 24.7 Å². The van der Waals surface area contributed by atoms with Gasteiger partial charge in [-0.15, -0.1) is 10.2 Å². The van der Waals surface area contributed by atoms with Crippen LogP contribution in [-0.4, -0.2) is 21.3 Å². The van der Waals surface area contributed by atoms with Gasteiger partial charge in [0.2, 0.25) is 0 Å². The zero-order valence-corrected chi connectivity index (χ0v) is 9.22. The molecule has 1 heterocycles. The maximum atomic E-state index is 10.7. The number of hydrogen-bond donors (Lipinski definition) is 1. The van der Waals surface area contributed by atoms with Crippen molar-refractivity contribution in [3.8, 4) is 0 Å². The highest BCUT2D eigenvalue weighted by molar-refractivity contribution is 6.31. The number of carboxylic acids is 1. The number of hydrogen-bond acceptors (Lipinski definition) is 3. The van der Waals surface area contributed by atoms with Gasteiger partial charge < -0.3 is 5.11 Å². The molecule has 1 aliphatic carbocycles. The van der Waals surface area contributed by atoms with Crippen LogP contribution in [-0.2, 0) is 10.2 Å². The lowest BCUT2D eigenvalue weighted by Crippen LogP contribution is -2.14. The van der Waals surface area contributed by atoms with E-state index in [4.69, 9.17) is 28.3 Å². The molecule has 0 aromatic carbocycles. The number of halogens is 2. The van der Waals surface area contributed by atoms with Gasteiger partial charge in [-0.25, -0.2) is 0 Å². The van der Waals surface area contributed by atoms with Gasteiger partial charge in [-0.05, 0) is 18.9 Å². The lowest BCUT2D eigenvalue weighted by molar-refractivity contribution is -0.137. The molecule has 80 valence electrons. The Balaban J connectivity index is 2.36. The van der Waals surface area contributed by atoms with E-state index < -0.39 is 5.97 Å². The summed E-state index contributed by atoms with van der Waals surface area (Å²) in [7, 11) is 0. The van der Waals surface area contributed by atoms with Crippen molar-refractivity contribution >= 4 is 29.2 Å². The second-order valence-corrected chi connectivity index (χ2v) is 4.47. The average Bonchev–Trinajstić information content (AvgIpc) is 2.89. The van der Waals surface area contributed by atoms with Gasteiger partial charge in [-0.1, -0.05) is 23.2 Å². The Morgan fingerprint density at radius 1 is 1.47 bits per heavy atom. The molecule has 2 rings (SSSR count). The van der Waals surface area contributed by atoms with Gasteiger partial charge in [0.1, 0.15) is 0 Å². The Hall–Kier alpha value is -0.870. The molecule has 6 heteroatoms. The van der Waals surface area contributed by atoms with E-state index in [9.17, 15) is 4.79 Å². The Bertz CT molecular complexity index is 419. The van der Waals surface area contributed by atoms with Crippen LogP contribution >= 0.6 is 23.2 Å². The summed E-state index contributed by atoms with van der Waals surface area (Å²) < 4.78 is 0. The zero-order valence-electron chi connectivity index (χ0n) is 7.70. The Morgan fingerprint density at radius 3 is 2.67 bits per heavy atom. The number of nitrogens with zero attached hydrogens (tertiary/aromatic N) is 2. The van der Waals surface area contributed by atoms with E-state index in [-0.39, 0.29) is 22.1 Å². The quantitative estimate of drug-likeness (QED) is 0.889. The SMILES string of the molecule is O=C(O)CC1(c2cc(Cl)nnc2Cl)CC1. The first-order valence-electron chi connectivity index (χ1n) is 4.44. The van der Waals surface area contributed by atoms with E-state index in [1.807, 2.05) is 0 Å². The largest absolute Gasteiger partial charge is 0.481 e. The molecule has 1 N–H and O–H groups in total. The minimum atomic E-state index is -0.837. The summed E-state index contributed by atoms with van der Waals surface area (Å²) >= 11 is 11.6. The first-order valence-corrected chi connectivity index (χ1v) is 5.20. The number of carbonyl (C=O) groups is 1. The average molecular weight is 247 g/mol. The highest BCUT2D eigenvalue weighted by Crippen LogP contribution is 2.52. The Kier molecular flexibility index (Phi) is 2.56. The molecule has 1 aliphatic rings. The summed E-state index contributed by atoms with van der Waals surface area (Å²) in [5.41, 5.74) is 0.328. The third-order valence-corrected chi connectivity index (χ3v) is 3.10. The van der Waals surface area contributed by atoms with E-state index in [0.29, 0.717) is 5.56 Å². The minimum Gasteiger partial charge on any atom is -0.481 e. The molecule has 15 heavy (non-hydrogen) atoms. The highest BCUT2D eigenvalue weighted by Gasteiger charge is 2.47. The third kappa shape index (κ3) is 2.06. The van der Waals surface area contributed by atoms with Crippen LogP contribution in [0.4, 0.5) is 0 Å². The minimum absolute atomic E-state index is 0.0642. The molecule has 0 saturated heterocycles. The van der Waals surface area contributed by atoms with Crippen molar-refractivity contribution in [2.75, 3.05) is 0 Å². The van der Waals surface area contributed by atoms with Gasteiger partial charge in [0, 0.05) is 11.0 Å². The summed E-state index contributed by atoms with van der Waals surface area (Å²) in [5, 5.41) is 16.6. The monoisotopic (exact) mass is 246 g/mol. The van der Waals surface area contributed by atoms with Crippen LogP contribution in [0.25, 0.3) is 0 Å². The first-order chi connectivity index (χ1) is 7.03. The second kappa shape index (κ2) is 3.61. The van der Waals surface area contributed by atoms with Crippen molar-refractivity contribution in [2.24, 2.45) is 0 Å². The highest BCUT2D eigenvalue weighted by atomic mass is 35.5. The van der Waals surface area contributed by atoms with Gasteiger partial charge in [0.15, 0.2) is 10.3 Å². The third-order valence-electron chi connectivity index (χ3n) is 2.63. The fraction of sp³-hybridized carbons (Fsp3) is 0.444. The number of carboxylic acid groups (broad SMARTS) is 1. The summed E-state index contributed by atoms with van der Waals surface area (Å²) in [4.78, 5) is 10.7. The molecule has 1 aromatic rings. The van der Waals surface area contributed by atoms with Gasteiger partial charge in [0.25, 0.3) is 0 Å². The van der Waals surface area contributed by atoms with Crippen molar-refractivity contribution < 1.29 is 9.90 Å². The van der Waals surface area contributed by atoms with Crippen LogP contribution in [0.5, 0.6) is 0 Å². The molecule has 0 aliphatic heterocycles. The van der Waals surface area contributed by atoms with Gasteiger partial charge in [0.05, 0.1) is 6.42 Å². The predicted octanol–water partition coefficient (Wildman–Crippen LogP) is 2.29. The second-order valence-electron chi connectivity index (χ2n) is 3.72. The Morgan fingerprint density at radius 2 is 2.13 bits per heavy atom. The molecule has 4 nitrogen and oxygen atoms in total. The topological polar surface area (TPSA) is 63.1 Å². The van der Waals surface area contributed by atoms with Crippen LogP contribution in [0, 0.1) is 0 Å². The first kappa shape index (κ1) is 10.6.